The fourth-order valence-corrected chi connectivity index (χ4v) is 2.87. The molecule has 0 aliphatic rings. The van der Waals surface area contributed by atoms with Crippen molar-refractivity contribution >= 4 is 28.2 Å². The second-order valence-corrected chi connectivity index (χ2v) is 6.07. The molecule has 2 nitrogen and oxygen atoms in total. The molecule has 0 saturated carbocycles. The Kier molecular flexibility index (Phi) is 5.62. The lowest BCUT2D eigenvalue weighted by molar-refractivity contribution is 0.108. The summed E-state index contributed by atoms with van der Waals surface area (Å²) < 4.78 is 5.63. The summed E-state index contributed by atoms with van der Waals surface area (Å²) >= 11 is 6.90. The lowest BCUT2D eigenvalue weighted by Crippen LogP contribution is -1.96. The van der Waals surface area contributed by atoms with Gasteiger partial charge in [-0.3, -0.25) is 4.79 Å². The minimum absolute atomic E-state index is 0.388. The van der Waals surface area contributed by atoms with Crippen molar-refractivity contribution < 1.29 is 9.53 Å². The highest BCUT2D eigenvalue weighted by molar-refractivity contribution is 7.15. The molecular formula is C16H17ClO2S. The highest BCUT2D eigenvalue weighted by Gasteiger charge is 2.06. The van der Waals surface area contributed by atoms with Crippen molar-refractivity contribution in [3.8, 4) is 5.75 Å². The van der Waals surface area contributed by atoms with Crippen LogP contribution in [0.25, 0.3) is 0 Å². The van der Waals surface area contributed by atoms with E-state index in [1.165, 1.54) is 16.9 Å². The van der Waals surface area contributed by atoms with Gasteiger partial charge in [-0.1, -0.05) is 25.5 Å². The van der Waals surface area contributed by atoms with Crippen molar-refractivity contribution in [2.24, 2.45) is 0 Å². The van der Waals surface area contributed by atoms with Gasteiger partial charge in [0, 0.05) is 11.3 Å². The molecule has 2 rings (SSSR count). The predicted octanol–water partition coefficient (Wildman–Crippen LogP) is 4.90. The van der Waals surface area contributed by atoms with Crippen molar-refractivity contribution in [2.75, 3.05) is 6.61 Å². The molecule has 1 aromatic carbocycles. The molecule has 0 radical (unpaired) electrons. The smallest absolute Gasteiger partial charge is 0.262 e. The SMILES string of the molecule is CCCCOc1ccc(Cc2ccc(C(=O)Cl)s2)cc1. The predicted molar refractivity (Wildman–Crippen MR) is 84.2 cm³/mol. The number of unbranched alkanes of at least 4 members (excludes halogenated alkanes) is 1. The molecule has 0 atom stereocenters. The van der Waals surface area contributed by atoms with Crippen LogP contribution in [0.5, 0.6) is 5.75 Å². The molecule has 0 amide bonds. The summed E-state index contributed by atoms with van der Waals surface area (Å²) in [6.45, 7) is 2.91. The number of hydrogen-bond donors (Lipinski definition) is 0. The molecule has 0 bridgehead atoms. The number of carbonyl (C=O) groups is 1. The van der Waals surface area contributed by atoms with Crippen LogP contribution in [0.15, 0.2) is 36.4 Å². The summed E-state index contributed by atoms with van der Waals surface area (Å²) in [5, 5.41) is -0.388. The average molecular weight is 309 g/mol. The summed E-state index contributed by atoms with van der Waals surface area (Å²) in [4.78, 5) is 12.8. The largest absolute Gasteiger partial charge is 0.494 e. The first-order chi connectivity index (χ1) is 9.69. The molecule has 0 saturated heterocycles. The van der Waals surface area contributed by atoms with Gasteiger partial charge in [0.25, 0.3) is 5.24 Å². The lowest BCUT2D eigenvalue weighted by atomic mass is 10.1. The number of thiophene rings is 1. The van der Waals surface area contributed by atoms with Crippen LogP contribution in [0.3, 0.4) is 0 Å². The molecule has 20 heavy (non-hydrogen) atoms. The second-order valence-electron chi connectivity index (χ2n) is 4.56. The molecule has 0 fully saturated rings. The zero-order chi connectivity index (χ0) is 14.4. The average Bonchev–Trinajstić information content (AvgIpc) is 2.90. The Morgan fingerprint density at radius 1 is 1.20 bits per heavy atom. The van der Waals surface area contributed by atoms with Crippen LogP contribution in [0.4, 0.5) is 0 Å². The molecule has 0 unspecified atom stereocenters. The molecule has 4 heteroatoms. The maximum absolute atomic E-state index is 11.0. The first kappa shape index (κ1) is 15.1. The third kappa shape index (κ3) is 4.36. The van der Waals surface area contributed by atoms with E-state index >= 15 is 0 Å². The zero-order valence-electron chi connectivity index (χ0n) is 11.4. The number of halogens is 1. The van der Waals surface area contributed by atoms with Crippen LogP contribution in [-0.4, -0.2) is 11.8 Å². The summed E-state index contributed by atoms with van der Waals surface area (Å²) in [7, 11) is 0. The maximum atomic E-state index is 11.0. The van der Waals surface area contributed by atoms with Crippen LogP contribution in [0.2, 0.25) is 0 Å². The molecular weight excluding hydrogens is 292 g/mol. The number of ether oxygens (including phenoxy) is 1. The van der Waals surface area contributed by atoms with E-state index in [0.717, 1.165) is 36.5 Å². The van der Waals surface area contributed by atoms with Gasteiger partial charge < -0.3 is 4.74 Å². The summed E-state index contributed by atoms with van der Waals surface area (Å²) in [5.74, 6) is 0.907. The zero-order valence-corrected chi connectivity index (χ0v) is 13.0. The summed E-state index contributed by atoms with van der Waals surface area (Å²) in [6.07, 6.45) is 3.02. The third-order valence-electron chi connectivity index (χ3n) is 2.92. The topological polar surface area (TPSA) is 26.3 Å². The monoisotopic (exact) mass is 308 g/mol. The van der Waals surface area contributed by atoms with Gasteiger partial charge in [-0.15, -0.1) is 11.3 Å². The van der Waals surface area contributed by atoms with Gasteiger partial charge in [-0.2, -0.15) is 0 Å². The fraction of sp³-hybridized carbons (Fsp3) is 0.312. The molecule has 0 aliphatic heterocycles. The van der Waals surface area contributed by atoms with Crippen LogP contribution in [0, 0.1) is 0 Å². The number of benzene rings is 1. The van der Waals surface area contributed by atoms with E-state index < -0.39 is 0 Å². The first-order valence-electron chi connectivity index (χ1n) is 6.69. The standard InChI is InChI=1S/C16H17ClO2S/c1-2-3-10-19-13-6-4-12(5-7-13)11-14-8-9-15(20-14)16(17)18/h4-9H,2-3,10-11H2,1H3. The summed E-state index contributed by atoms with van der Waals surface area (Å²) in [6, 6.07) is 11.8. The van der Waals surface area contributed by atoms with Crippen LogP contribution >= 0.6 is 22.9 Å². The van der Waals surface area contributed by atoms with E-state index in [1.54, 1.807) is 6.07 Å². The van der Waals surface area contributed by atoms with Crippen molar-refractivity contribution in [1.82, 2.24) is 0 Å². The molecule has 2 aromatic rings. The number of carbonyl (C=O) groups excluding carboxylic acids is 1. The van der Waals surface area contributed by atoms with Crippen LogP contribution < -0.4 is 4.74 Å². The van der Waals surface area contributed by atoms with Gasteiger partial charge in [-0.05, 0) is 47.9 Å². The van der Waals surface area contributed by atoms with Crippen molar-refractivity contribution in [3.05, 3.63) is 51.7 Å². The van der Waals surface area contributed by atoms with Gasteiger partial charge >= 0.3 is 0 Å². The Hall–Kier alpha value is -1.32. The molecule has 0 aliphatic carbocycles. The van der Waals surface area contributed by atoms with Crippen LogP contribution in [0.1, 0.15) is 39.9 Å². The third-order valence-corrected chi connectivity index (χ3v) is 4.32. The Balaban J connectivity index is 1.94. The molecule has 1 aromatic heterocycles. The van der Waals surface area contributed by atoms with Gasteiger partial charge in [0.2, 0.25) is 0 Å². The Morgan fingerprint density at radius 2 is 1.95 bits per heavy atom. The van der Waals surface area contributed by atoms with Gasteiger partial charge in [-0.25, -0.2) is 0 Å². The fourth-order valence-electron chi connectivity index (χ4n) is 1.82. The highest BCUT2D eigenvalue weighted by Crippen LogP contribution is 2.22. The van der Waals surface area contributed by atoms with Gasteiger partial charge in [0.1, 0.15) is 5.75 Å². The van der Waals surface area contributed by atoms with E-state index in [2.05, 4.69) is 19.1 Å². The molecule has 1 heterocycles. The van der Waals surface area contributed by atoms with E-state index in [9.17, 15) is 4.79 Å². The van der Waals surface area contributed by atoms with Crippen molar-refractivity contribution in [2.45, 2.75) is 26.2 Å². The highest BCUT2D eigenvalue weighted by atomic mass is 35.5. The van der Waals surface area contributed by atoms with E-state index in [4.69, 9.17) is 16.3 Å². The van der Waals surface area contributed by atoms with E-state index in [-0.39, 0.29) is 5.24 Å². The normalized spacial score (nSPS) is 10.5. The van der Waals surface area contributed by atoms with Crippen molar-refractivity contribution in [1.29, 1.82) is 0 Å². The molecule has 0 N–H and O–H groups in total. The van der Waals surface area contributed by atoms with Gasteiger partial charge in [0.05, 0.1) is 11.5 Å². The Labute approximate surface area is 128 Å². The number of hydrogen-bond acceptors (Lipinski definition) is 3. The maximum Gasteiger partial charge on any atom is 0.262 e. The Bertz CT molecular complexity index is 560. The van der Waals surface area contributed by atoms with Gasteiger partial charge in [0.15, 0.2) is 0 Å². The molecule has 0 spiro atoms. The lowest BCUT2D eigenvalue weighted by Gasteiger charge is -2.06. The molecule has 106 valence electrons. The number of rotatable bonds is 7. The van der Waals surface area contributed by atoms with Crippen molar-refractivity contribution in [3.63, 3.8) is 0 Å². The van der Waals surface area contributed by atoms with Crippen LogP contribution in [-0.2, 0) is 6.42 Å². The van der Waals surface area contributed by atoms with E-state index in [0.29, 0.717) is 4.88 Å². The minimum atomic E-state index is -0.388. The minimum Gasteiger partial charge on any atom is -0.494 e. The van der Waals surface area contributed by atoms with E-state index in [1.807, 2.05) is 18.2 Å². The Morgan fingerprint density at radius 3 is 2.55 bits per heavy atom. The summed E-state index contributed by atoms with van der Waals surface area (Å²) in [5.41, 5.74) is 1.20. The first-order valence-corrected chi connectivity index (χ1v) is 7.88. The quantitative estimate of drug-likeness (QED) is 0.537. The second kappa shape index (κ2) is 7.46.